The summed E-state index contributed by atoms with van der Waals surface area (Å²) in [5, 5.41) is 0. The summed E-state index contributed by atoms with van der Waals surface area (Å²) in [5.74, 6) is 0.533. The molecule has 0 amide bonds. The predicted molar refractivity (Wildman–Crippen MR) is 94.6 cm³/mol. The Bertz CT molecular complexity index is 834. The highest BCUT2D eigenvalue weighted by atomic mass is 16.5. The summed E-state index contributed by atoms with van der Waals surface area (Å²) in [4.78, 5) is 12.4. The van der Waals surface area contributed by atoms with Gasteiger partial charge in [0, 0.05) is 6.20 Å². The summed E-state index contributed by atoms with van der Waals surface area (Å²) in [7, 11) is 1.64. The average Bonchev–Trinajstić information content (AvgIpc) is 3.02. The number of nitrogens with zero attached hydrogens (tertiary/aromatic N) is 1. The van der Waals surface area contributed by atoms with Gasteiger partial charge in [-0.3, -0.25) is 0 Å². The highest BCUT2D eigenvalue weighted by molar-refractivity contribution is 5.99. The van der Waals surface area contributed by atoms with Crippen LogP contribution in [0.3, 0.4) is 0 Å². The van der Waals surface area contributed by atoms with Crippen LogP contribution in [0.2, 0.25) is 0 Å². The number of rotatable bonds is 6. The van der Waals surface area contributed by atoms with E-state index in [4.69, 9.17) is 9.47 Å². The van der Waals surface area contributed by atoms with Crippen LogP contribution in [0, 0.1) is 0 Å². The summed E-state index contributed by atoms with van der Waals surface area (Å²) >= 11 is 0. The van der Waals surface area contributed by atoms with Crippen molar-refractivity contribution in [2.45, 2.75) is 19.8 Å². The maximum atomic E-state index is 12.4. The Balaban J connectivity index is 2.01. The van der Waals surface area contributed by atoms with Gasteiger partial charge in [-0.05, 0) is 54.4 Å². The molecular formula is C20H21NO3. The van der Waals surface area contributed by atoms with Gasteiger partial charge in [-0.25, -0.2) is 4.79 Å². The van der Waals surface area contributed by atoms with Crippen LogP contribution >= 0.6 is 0 Å². The number of esters is 1. The minimum atomic E-state index is -0.271. The second-order valence-corrected chi connectivity index (χ2v) is 5.62. The molecule has 0 aliphatic rings. The van der Waals surface area contributed by atoms with Crippen molar-refractivity contribution < 1.29 is 14.3 Å². The van der Waals surface area contributed by atoms with Crippen LogP contribution in [0.25, 0.3) is 16.8 Å². The number of methoxy groups -OCH3 is 1. The van der Waals surface area contributed by atoms with Crippen LogP contribution < -0.4 is 4.74 Å². The van der Waals surface area contributed by atoms with Crippen LogP contribution in [-0.4, -0.2) is 24.1 Å². The zero-order valence-corrected chi connectivity index (χ0v) is 14.0. The van der Waals surface area contributed by atoms with Crippen molar-refractivity contribution >= 4 is 11.5 Å². The summed E-state index contributed by atoms with van der Waals surface area (Å²) in [6.45, 7) is 2.53. The van der Waals surface area contributed by atoms with E-state index in [1.54, 1.807) is 7.11 Å². The van der Waals surface area contributed by atoms with Crippen molar-refractivity contribution in [3.8, 4) is 17.0 Å². The summed E-state index contributed by atoms with van der Waals surface area (Å²) < 4.78 is 12.6. The molecule has 24 heavy (non-hydrogen) atoms. The first-order valence-corrected chi connectivity index (χ1v) is 8.16. The molecule has 0 radical (unpaired) electrons. The smallest absolute Gasteiger partial charge is 0.340 e. The van der Waals surface area contributed by atoms with Crippen molar-refractivity contribution in [2.75, 3.05) is 13.7 Å². The van der Waals surface area contributed by atoms with E-state index in [1.165, 1.54) is 0 Å². The fourth-order valence-electron chi connectivity index (χ4n) is 2.69. The van der Waals surface area contributed by atoms with Crippen molar-refractivity contribution in [1.82, 2.24) is 4.40 Å². The summed E-state index contributed by atoms with van der Waals surface area (Å²) in [5.41, 5.74) is 3.42. The first kappa shape index (κ1) is 16.1. The van der Waals surface area contributed by atoms with E-state index >= 15 is 0 Å². The second-order valence-electron chi connectivity index (χ2n) is 5.62. The van der Waals surface area contributed by atoms with Gasteiger partial charge in [0.15, 0.2) is 0 Å². The zero-order chi connectivity index (χ0) is 16.9. The molecule has 0 saturated carbocycles. The largest absolute Gasteiger partial charge is 0.497 e. The number of unbranched alkanes of at least 4 members (excludes halogenated alkanes) is 1. The third-order valence-corrected chi connectivity index (χ3v) is 4.01. The number of aromatic nitrogens is 1. The topological polar surface area (TPSA) is 39.9 Å². The Morgan fingerprint density at radius 1 is 1.12 bits per heavy atom. The highest BCUT2D eigenvalue weighted by Crippen LogP contribution is 2.28. The van der Waals surface area contributed by atoms with E-state index in [9.17, 15) is 4.79 Å². The van der Waals surface area contributed by atoms with E-state index in [2.05, 4.69) is 6.92 Å². The number of hydrogen-bond donors (Lipinski definition) is 0. The van der Waals surface area contributed by atoms with Gasteiger partial charge >= 0.3 is 5.97 Å². The number of fused-ring (bicyclic) bond motifs is 1. The van der Waals surface area contributed by atoms with Gasteiger partial charge in [-0.15, -0.1) is 0 Å². The van der Waals surface area contributed by atoms with Gasteiger partial charge in [0.1, 0.15) is 5.75 Å². The predicted octanol–water partition coefficient (Wildman–Crippen LogP) is 4.57. The highest BCUT2D eigenvalue weighted by Gasteiger charge is 2.17. The fourth-order valence-corrected chi connectivity index (χ4v) is 2.69. The molecule has 0 aliphatic carbocycles. The van der Waals surface area contributed by atoms with E-state index in [1.807, 2.05) is 59.1 Å². The van der Waals surface area contributed by atoms with Gasteiger partial charge in [-0.2, -0.15) is 0 Å². The lowest BCUT2D eigenvalue weighted by atomic mass is 10.1. The maximum absolute atomic E-state index is 12.4. The van der Waals surface area contributed by atoms with Gasteiger partial charge in [0.25, 0.3) is 0 Å². The van der Waals surface area contributed by atoms with Gasteiger partial charge in [0.2, 0.25) is 0 Å². The Hall–Kier alpha value is -2.75. The first-order chi connectivity index (χ1) is 11.7. The molecule has 0 aliphatic heterocycles. The van der Waals surface area contributed by atoms with Crippen LogP contribution in [0.4, 0.5) is 0 Å². The van der Waals surface area contributed by atoms with Crippen molar-refractivity contribution in [1.29, 1.82) is 0 Å². The van der Waals surface area contributed by atoms with Gasteiger partial charge < -0.3 is 13.9 Å². The molecule has 3 aromatic rings. The van der Waals surface area contributed by atoms with E-state index in [-0.39, 0.29) is 5.97 Å². The van der Waals surface area contributed by atoms with E-state index < -0.39 is 0 Å². The van der Waals surface area contributed by atoms with Crippen LogP contribution in [0.1, 0.15) is 30.1 Å². The Morgan fingerprint density at radius 2 is 1.92 bits per heavy atom. The second kappa shape index (κ2) is 7.21. The Labute approximate surface area is 141 Å². The van der Waals surface area contributed by atoms with Crippen LogP contribution in [0.5, 0.6) is 5.75 Å². The normalized spacial score (nSPS) is 10.8. The maximum Gasteiger partial charge on any atom is 0.340 e. The lowest BCUT2D eigenvalue weighted by Gasteiger charge is -2.04. The van der Waals surface area contributed by atoms with E-state index in [0.29, 0.717) is 12.2 Å². The quantitative estimate of drug-likeness (QED) is 0.493. The molecule has 124 valence electrons. The molecule has 0 unspecified atom stereocenters. The first-order valence-electron chi connectivity index (χ1n) is 8.16. The Morgan fingerprint density at radius 3 is 2.62 bits per heavy atom. The molecule has 0 bridgehead atoms. The monoisotopic (exact) mass is 323 g/mol. The number of benzene rings is 1. The van der Waals surface area contributed by atoms with Crippen molar-refractivity contribution in [2.24, 2.45) is 0 Å². The lowest BCUT2D eigenvalue weighted by molar-refractivity contribution is 0.0502. The molecule has 0 atom stereocenters. The molecule has 3 rings (SSSR count). The zero-order valence-electron chi connectivity index (χ0n) is 14.0. The average molecular weight is 323 g/mol. The number of carbonyl (C=O) groups excluding carboxylic acids is 1. The molecule has 4 heteroatoms. The molecule has 0 spiro atoms. The molecule has 0 fully saturated rings. The third kappa shape index (κ3) is 3.13. The number of ether oxygens (including phenoxy) is 2. The molecule has 4 nitrogen and oxygen atoms in total. The van der Waals surface area contributed by atoms with Crippen LogP contribution in [-0.2, 0) is 4.74 Å². The van der Waals surface area contributed by atoms with Crippen molar-refractivity contribution in [3.05, 3.63) is 60.3 Å². The minimum absolute atomic E-state index is 0.271. The molecule has 2 heterocycles. The number of pyridine rings is 1. The van der Waals surface area contributed by atoms with Gasteiger partial charge in [-0.1, -0.05) is 19.4 Å². The van der Waals surface area contributed by atoms with Gasteiger partial charge in [0.05, 0.1) is 30.5 Å². The number of carbonyl (C=O) groups is 1. The molecule has 0 N–H and O–H groups in total. The fraction of sp³-hybridized carbons (Fsp3) is 0.250. The van der Waals surface area contributed by atoms with Crippen LogP contribution in [0.15, 0.2) is 54.7 Å². The molecule has 1 aromatic carbocycles. The Kier molecular flexibility index (Phi) is 4.85. The number of hydrogen-bond acceptors (Lipinski definition) is 3. The van der Waals surface area contributed by atoms with Crippen molar-refractivity contribution in [3.63, 3.8) is 0 Å². The minimum Gasteiger partial charge on any atom is -0.497 e. The molecular weight excluding hydrogens is 302 g/mol. The lowest BCUT2D eigenvalue weighted by Crippen LogP contribution is -2.05. The van der Waals surface area contributed by atoms with E-state index in [0.717, 1.165) is 35.4 Å². The molecule has 2 aromatic heterocycles. The molecule has 0 saturated heterocycles. The summed E-state index contributed by atoms with van der Waals surface area (Å²) in [6, 6.07) is 15.5. The standard InChI is InChI=1S/C20H21NO3/c1-3-4-13-24-20(22)17-14-19(21-12-6-5-7-18(17)21)15-8-10-16(23-2)11-9-15/h5-12,14H,3-4,13H2,1-2H3. The SMILES string of the molecule is CCCCOC(=O)c1cc(-c2ccc(OC)cc2)n2ccccc12. The summed E-state index contributed by atoms with van der Waals surface area (Å²) in [6.07, 6.45) is 3.83. The third-order valence-electron chi connectivity index (χ3n) is 4.01.